The molecular weight excluding hydrogens is 427 g/mol. The number of benzene rings is 3. The quantitative estimate of drug-likeness (QED) is 0.386. The first-order chi connectivity index (χ1) is 15.0. The van der Waals surface area contributed by atoms with Gasteiger partial charge in [0.2, 0.25) is 0 Å². The molecule has 4 rings (SSSR count). The predicted octanol–water partition coefficient (Wildman–Crippen LogP) is 3.24. The van der Waals surface area contributed by atoms with Crippen LogP contribution in [-0.4, -0.2) is 39.7 Å². The van der Waals surface area contributed by atoms with Crippen molar-refractivity contribution in [3.05, 3.63) is 91.0 Å². The third-order valence-electron chi connectivity index (χ3n) is 6.00. The molecule has 0 amide bonds. The van der Waals surface area contributed by atoms with E-state index in [1.165, 1.54) is 15.9 Å². The Morgan fingerprint density at radius 2 is 1.19 bits per heavy atom. The Bertz CT molecular complexity index is 976. The summed E-state index contributed by atoms with van der Waals surface area (Å²) in [6.07, 6.45) is 3.56. The Morgan fingerprint density at radius 3 is 1.61 bits per heavy atom. The molecule has 3 aromatic carbocycles. The predicted molar refractivity (Wildman–Crippen MR) is 130 cm³/mol. The van der Waals surface area contributed by atoms with Crippen molar-refractivity contribution in [3.8, 4) is 0 Å². The van der Waals surface area contributed by atoms with Gasteiger partial charge in [0.25, 0.3) is 0 Å². The molecule has 1 aliphatic rings. The van der Waals surface area contributed by atoms with Crippen LogP contribution in [0.4, 0.5) is 0 Å². The molecule has 3 aromatic rings. The van der Waals surface area contributed by atoms with Gasteiger partial charge in [0.05, 0.1) is 0 Å². The summed E-state index contributed by atoms with van der Waals surface area (Å²) in [7, 11) is -5.83. The normalized spacial score (nSPS) is 19.9. The molecule has 1 heterocycles. The van der Waals surface area contributed by atoms with Crippen molar-refractivity contribution in [2.24, 2.45) is 0 Å². The first-order valence-corrected chi connectivity index (χ1v) is 14.7. The first kappa shape index (κ1) is 22.2. The fourth-order valence-electron chi connectivity index (χ4n) is 4.62. The van der Waals surface area contributed by atoms with Crippen LogP contribution >= 0.6 is 7.26 Å². The average molecular weight is 457 g/mol. The zero-order valence-electron chi connectivity index (χ0n) is 17.7. The minimum atomic E-state index is -3.46. The molecule has 4 nitrogen and oxygen atoms in total. The summed E-state index contributed by atoms with van der Waals surface area (Å²) in [6, 6.07) is 32.3. The van der Waals surface area contributed by atoms with Crippen molar-refractivity contribution in [1.29, 1.82) is 0 Å². The van der Waals surface area contributed by atoms with Crippen molar-refractivity contribution < 1.29 is 17.3 Å². The van der Waals surface area contributed by atoms with Crippen LogP contribution in [0.3, 0.4) is 0 Å². The second-order valence-corrected chi connectivity index (χ2v) is 13.7. The third kappa shape index (κ3) is 5.24. The van der Waals surface area contributed by atoms with Gasteiger partial charge in [-0.3, -0.25) is 0 Å². The third-order valence-corrected chi connectivity index (χ3v) is 11.6. The molecular formula is C25H29O4PS. The van der Waals surface area contributed by atoms with E-state index in [1.54, 1.807) is 0 Å². The van der Waals surface area contributed by atoms with E-state index in [-0.39, 0.29) is 18.8 Å². The average Bonchev–Trinajstić information content (AvgIpc) is 3.25. The van der Waals surface area contributed by atoms with Crippen LogP contribution in [-0.2, 0) is 19.0 Å². The van der Waals surface area contributed by atoms with Crippen LogP contribution in [0.5, 0.6) is 0 Å². The van der Waals surface area contributed by atoms with Crippen molar-refractivity contribution >= 4 is 33.3 Å². The van der Waals surface area contributed by atoms with Crippen LogP contribution in [0.25, 0.3) is 0 Å². The second-order valence-electron chi connectivity index (χ2n) is 8.15. The summed E-state index contributed by atoms with van der Waals surface area (Å²) in [5, 5.41) is 4.06. The number of ether oxygens (including phenoxy) is 1. The number of rotatable bonds is 8. The molecule has 0 saturated carbocycles. The molecule has 0 aliphatic carbocycles. The van der Waals surface area contributed by atoms with E-state index in [1.807, 2.05) is 0 Å². The number of hydrogen-bond acceptors (Lipinski definition) is 4. The molecule has 6 heteroatoms. The SMILES string of the molecule is CS(=O)(=O)OC[C@@H]1CC[C@@H](C[PH](c2ccccc2)(c2ccccc2)c2ccccc2)O1. The molecule has 2 atom stereocenters. The van der Waals surface area contributed by atoms with Crippen molar-refractivity contribution in [2.75, 3.05) is 19.0 Å². The Balaban J connectivity index is 1.71. The van der Waals surface area contributed by atoms with Gasteiger partial charge < -0.3 is 0 Å². The summed E-state index contributed by atoms with van der Waals surface area (Å²) in [4.78, 5) is 0. The summed E-state index contributed by atoms with van der Waals surface area (Å²) < 4.78 is 34.1. The van der Waals surface area contributed by atoms with Gasteiger partial charge in [-0.05, 0) is 0 Å². The topological polar surface area (TPSA) is 52.6 Å². The van der Waals surface area contributed by atoms with E-state index in [0.717, 1.165) is 25.3 Å². The van der Waals surface area contributed by atoms with Gasteiger partial charge in [-0.25, -0.2) is 0 Å². The molecule has 0 radical (unpaired) electrons. The molecule has 0 unspecified atom stereocenters. The zero-order valence-corrected chi connectivity index (χ0v) is 19.5. The van der Waals surface area contributed by atoms with Crippen LogP contribution in [0.1, 0.15) is 12.8 Å². The molecule has 1 saturated heterocycles. The minimum absolute atomic E-state index is 0.0560. The van der Waals surface area contributed by atoms with Gasteiger partial charge in [-0.1, -0.05) is 0 Å². The summed E-state index contributed by atoms with van der Waals surface area (Å²) in [5.74, 6) is 0. The fourth-order valence-corrected chi connectivity index (χ4v) is 9.99. The molecule has 1 fully saturated rings. The maximum absolute atomic E-state index is 11.4. The van der Waals surface area contributed by atoms with Gasteiger partial charge in [0.15, 0.2) is 0 Å². The molecule has 31 heavy (non-hydrogen) atoms. The van der Waals surface area contributed by atoms with Crippen LogP contribution in [0.15, 0.2) is 91.0 Å². The molecule has 164 valence electrons. The van der Waals surface area contributed by atoms with Crippen molar-refractivity contribution in [1.82, 2.24) is 0 Å². The summed E-state index contributed by atoms with van der Waals surface area (Å²) >= 11 is 0. The molecule has 0 bridgehead atoms. The molecule has 0 spiro atoms. The second kappa shape index (κ2) is 9.62. The van der Waals surface area contributed by atoms with Gasteiger partial charge in [-0.2, -0.15) is 0 Å². The van der Waals surface area contributed by atoms with E-state index < -0.39 is 17.4 Å². The monoisotopic (exact) mass is 456 g/mol. The van der Waals surface area contributed by atoms with Gasteiger partial charge in [0.1, 0.15) is 0 Å². The standard InChI is InChI=1S/C25H29O4PS/c1-31(26,27)28-19-21-17-18-22(29-21)20-30(23-11-5-2-6-12-23,24-13-7-3-8-14-24)25-15-9-4-10-16-25/h2-16,21-22,30H,17-20H2,1H3/t21-,22-/m0/s1. The van der Waals surface area contributed by atoms with E-state index in [0.29, 0.717) is 0 Å². The Hall–Kier alpha value is -2.04. The first-order valence-electron chi connectivity index (χ1n) is 10.6. The van der Waals surface area contributed by atoms with Gasteiger partial charge in [-0.15, -0.1) is 0 Å². The molecule has 0 aromatic heterocycles. The summed E-state index contributed by atoms with van der Waals surface area (Å²) in [5.41, 5.74) is 0. The van der Waals surface area contributed by atoms with Crippen molar-refractivity contribution in [2.45, 2.75) is 25.0 Å². The van der Waals surface area contributed by atoms with Gasteiger partial charge >= 0.3 is 186 Å². The molecule has 0 N–H and O–H groups in total. The van der Waals surface area contributed by atoms with Crippen LogP contribution in [0, 0.1) is 0 Å². The van der Waals surface area contributed by atoms with E-state index in [2.05, 4.69) is 91.0 Å². The maximum atomic E-state index is 11.4. The zero-order chi connectivity index (χ0) is 21.7. The van der Waals surface area contributed by atoms with Crippen molar-refractivity contribution in [3.63, 3.8) is 0 Å². The fraction of sp³-hybridized carbons (Fsp3) is 0.280. The van der Waals surface area contributed by atoms with Gasteiger partial charge in [0, 0.05) is 0 Å². The van der Waals surface area contributed by atoms with Crippen LogP contribution < -0.4 is 15.9 Å². The Morgan fingerprint density at radius 1 is 0.774 bits per heavy atom. The molecule has 1 aliphatic heterocycles. The summed E-state index contributed by atoms with van der Waals surface area (Å²) in [6.45, 7) is 0.0892. The number of hydrogen-bond donors (Lipinski definition) is 0. The Kier molecular flexibility index (Phi) is 6.88. The van der Waals surface area contributed by atoms with E-state index in [4.69, 9.17) is 8.92 Å². The van der Waals surface area contributed by atoms with Crippen LogP contribution in [0.2, 0.25) is 0 Å². The van der Waals surface area contributed by atoms with E-state index in [9.17, 15) is 8.42 Å². The van der Waals surface area contributed by atoms with E-state index >= 15 is 0 Å². The Labute approximate surface area is 185 Å².